The first-order valence-electron chi connectivity index (χ1n) is 8.79. The Kier molecular flexibility index (Phi) is 7.38. The van der Waals surface area contributed by atoms with Gasteiger partial charge in [-0.05, 0) is 57.5 Å². The smallest absolute Gasteiger partial charge is 0.251 e. The number of aryl methyl sites for hydroxylation is 1. The molecule has 0 aromatic heterocycles. The van der Waals surface area contributed by atoms with Gasteiger partial charge >= 0.3 is 0 Å². The maximum Gasteiger partial charge on any atom is 0.251 e. The molecule has 0 heterocycles. The van der Waals surface area contributed by atoms with Crippen LogP contribution < -0.4 is 10.1 Å². The summed E-state index contributed by atoms with van der Waals surface area (Å²) >= 11 is 1.75. The molecule has 1 atom stereocenters. The van der Waals surface area contributed by atoms with Crippen LogP contribution in [0, 0.1) is 6.92 Å². The first kappa shape index (κ1) is 19.4. The molecule has 1 unspecified atom stereocenters. The third-order valence-electron chi connectivity index (χ3n) is 4.03. The summed E-state index contributed by atoms with van der Waals surface area (Å²) in [5.41, 5.74) is 2.98. The van der Waals surface area contributed by atoms with Crippen molar-refractivity contribution in [3.05, 3.63) is 59.2 Å². The second kappa shape index (κ2) is 9.52. The number of rotatable bonds is 8. The first-order chi connectivity index (χ1) is 12.0. The zero-order valence-electron chi connectivity index (χ0n) is 15.5. The third kappa shape index (κ3) is 5.82. The van der Waals surface area contributed by atoms with E-state index in [2.05, 4.69) is 43.4 Å². The fourth-order valence-electron chi connectivity index (χ4n) is 2.33. The van der Waals surface area contributed by atoms with Gasteiger partial charge in [0.2, 0.25) is 0 Å². The topological polar surface area (TPSA) is 38.3 Å². The van der Waals surface area contributed by atoms with E-state index in [4.69, 9.17) is 4.74 Å². The average molecular weight is 358 g/mol. The van der Waals surface area contributed by atoms with Gasteiger partial charge in [-0.15, -0.1) is 11.8 Å². The average Bonchev–Trinajstić information content (AvgIpc) is 2.62. The molecule has 4 heteroatoms. The van der Waals surface area contributed by atoms with Gasteiger partial charge in [-0.25, -0.2) is 0 Å². The van der Waals surface area contributed by atoms with Crippen LogP contribution in [-0.4, -0.2) is 18.6 Å². The Balaban J connectivity index is 2.16. The Morgan fingerprint density at radius 3 is 2.52 bits per heavy atom. The molecule has 0 fully saturated rings. The molecule has 0 saturated carbocycles. The number of carbonyl (C=O) groups excluding carboxylic acids is 1. The Morgan fingerprint density at radius 1 is 1.16 bits per heavy atom. The number of hydrogen-bond donors (Lipinski definition) is 1. The number of amides is 1. The zero-order valence-corrected chi connectivity index (χ0v) is 16.3. The van der Waals surface area contributed by atoms with E-state index in [1.165, 1.54) is 10.5 Å². The summed E-state index contributed by atoms with van der Waals surface area (Å²) < 4.78 is 5.74. The van der Waals surface area contributed by atoms with Crippen molar-refractivity contribution in [2.24, 2.45) is 0 Å². The van der Waals surface area contributed by atoms with Crippen molar-refractivity contribution in [3.8, 4) is 5.75 Å². The van der Waals surface area contributed by atoms with Crippen molar-refractivity contribution in [3.63, 3.8) is 0 Å². The van der Waals surface area contributed by atoms with Gasteiger partial charge in [-0.1, -0.05) is 24.6 Å². The van der Waals surface area contributed by atoms with Crippen LogP contribution in [0.2, 0.25) is 0 Å². The third-order valence-corrected chi connectivity index (χ3v) is 5.09. The van der Waals surface area contributed by atoms with Gasteiger partial charge < -0.3 is 10.1 Å². The van der Waals surface area contributed by atoms with Gasteiger partial charge in [0, 0.05) is 27.8 Å². The molecule has 1 amide bonds. The number of benzene rings is 2. The highest BCUT2D eigenvalue weighted by Gasteiger charge is 2.12. The summed E-state index contributed by atoms with van der Waals surface area (Å²) in [5.74, 6) is 1.59. The normalized spacial score (nSPS) is 11.8. The minimum Gasteiger partial charge on any atom is -0.494 e. The van der Waals surface area contributed by atoms with Crippen molar-refractivity contribution < 1.29 is 9.53 Å². The molecule has 3 nitrogen and oxygen atoms in total. The van der Waals surface area contributed by atoms with Crippen molar-refractivity contribution >= 4 is 17.7 Å². The second-order valence-electron chi connectivity index (χ2n) is 6.14. The molecule has 134 valence electrons. The Morgan fingerprint density at radius 2 is 1.88 bits per heavy atom. The predicted octanol–water partition coefficient (Wildman–Crippen LogP) is 5.21. The van der Waals surface area contributed by atoms with E-state index < -0.39 is 0 Å². The molecular formula is C21H27NO2S. The molecule has 2 aromatic carbocycles. The van der Waals surface area contributed by atoms with Crippen molar-refractivity contribution in [2.45, 2.75) is 50.8 Å². The Labute approximate surface area is 155 Å². The standard InChI is InChI=1S/C21H27NO2S/c1-5-16(4)22-21(23)17-9-12-20(24-6-2)18(13-17)14-25-19-10-7-15(3)8-11-19/h7-13,16H,5-6,14H2,1-4H3,(H,22,23). The van der Waals surface area contributed by atoms with Gasteiger partial charge in [0.25, 0.3) is 5.91 Å². The van der Waals surface area contributed by atoms with Crippen LogP contribution >= 0.6 is 11.8 Å². The van der Waals surface area contributed by atoms with E-state index >= 15 is 0 Å². The lowest BCUT2D eigenvalue weighted by Crippen LogP contribution is -2.31. The fraction of sp³-hybridized carbons (Fsp3) is 0.381. The molecule has 0 aliphatic rings. The lowest BCUT2D eigenvalue weighted by Gasteiger charge is -2.14. The number of ether oxygens (including phenoxy) is 1. The lowest BCUT2D eigenvalue weighted by molar-refractivity contribution is 0.0939. The van der Waals surface area contributed by atoms with Gasteiger partial charge in [0.15, 0.2) is 0 Å². The highest BCUT2D eigenvalue weighted by atomic mass is 32.2. The minimum absolute atomic E-state index is 0.0287. The molecule has 0 radical (unpaired) electrons. The number of carbonyl (C=O) groups is 1. The minimum atomic E-state index is -0.0287. The largest absolute Gasteiger partial charge is 0.494 e. The van der Waals surface area contributed by atoms with Crippen LogP contribution in [-0.2, 0) is 5.75 Å². The maximum atomic E-state index is 12.4. The molecule has 0 saturated heterocycles. The molecule has 25 heavy (non-hydrogen) atoms. The van der Waals surface area contributed by atoms with E-state index in [-0.39, 0.29) is 11.9 Å². The molecule has 1 N–H and O–H groups in total. The zero-order chi connectivity index (χ0) is 18.2. The quantitative estimate of drug-likeness (QED) is 0.659. The summed E-state index contributed by atoms with van der Waals surface area (Å²) in [6.45, 7) is 8.75. The molecule has 0 aliphatic heterocycles. The molecule has 0 spiro atoms. The van der Waals surface area contributed by atoms with Gasteiger partial charge in [0.05, 0.1) is 6.61 Å². The first-order valence-corrected chi connectivity index (χ1v) is 9.78. The summed E-state index contributed by atoms with van der Waals surface area (Å²) in [5, 5.41) is 3.02. The summed E-state index contributed by atoms with van der Waals surface area (Å²) in [6.07, 6.45) is 0.916. The van der Waals surface area contributed by atoms with E-state index in [0.717, 1.165) is 23.5 Å². The molecule has 2 aromatic rings. The monoisotopic (exact) mass is 357 g/mol. The van der Waals surface area contributed by atoms with Crippen molar-refractivity contribution in [2.75, 3.05) is 6.61 Å². The SMILES string of the molecule is CCOc1ccc(C(=O)NC(C)CC)cc1CSc1ccc(C)cc1. The highest BCUT2D eigenvalue weighted by Crippen LogP contribution is 2.29. The van der Waals surface area contributed by atoms with E-state index in [1.54, 1.807) is 11.8 Å². The summed E-state index contributed by atoms with van der Waals surface area (Å²) in [6, 6.07) is 14.3. The van der Waals surface area contributed by atoms with E-state index in [1.807, 2.05) is 32.0 Å². The second-order valence-corrected chi connectivity index (χ2v) is 7.19. The summed E-state index contributed by atoms with van der Waals surface area (Å²) in [7, 11) is 0. The molecule has 0 aliphatic carbocycles. The highest BCUT2D eigenvalue weighted by molar-refractivity contribution is 7.98. The lowest BCUT2D eigenvalue weighted by atomic mass is 10.1. The predicted molar refractivity (Wildman–Crippen MR) is 106 cm³/mol. The number of hydrogen-bond acceptors (Lipinski definition) is 3. The van der Waals surface area contributed by atoms with Crippen LogP contribution in [0.1, 0.15) is 48.7 Å². The molecule has 2 rings (SSSR count). The Bertz CT molecular complexity index is 698. The van der Waals surface area contributed by atoms with Crippen LogP contribution in [0.25, 0.3) is 0 Å². The van der Waals surface area contributed by atoms with Crippen LogP contribution in [0.3, 0.4) is 0 Å². The maximum absolute atomic E-state index is 12.4. The van der Waals surface area contributed by atoms with E-state index in [9.17, 15) is 4.79 Å². The molecule has 0 bridgehead atoms. The van der Waals surface area contributed by atoms with Gasteiger partial charge in [-0.2, -0.15) is 0 Å². The van der Waals surface area contributed by atoms with Gasteiger partial charge in [-0.3, -0.25) is 4.79 Å². The van der Waals surface area contributed by atoms with Crippen LogP contribution in [0.5, 0.6) is 5.75 Å². The summed E-state index contributed by atoms with van der Waals surface area (Å²) in [4.78, 5) is 13.6. The van der Waals surface area contributed by atoms with E-state index in [0.29, 0.717) is 12.2 Å². The number of thioether (sulfide) groups is 1. The number of nitrogens with one attached hydrogen (secondary N) is 1. The van der Waals surface area contributed by atoms with Crippen LogP contribution in [0.4, 0.5) is 0 Å². The fourth-order valence-corrected chi connectivity index (χ4v) is 3.21. The van der Waals surface area contributed by atoms with Crippen molar-refractivity contribution in [1.29, 1.82) is 0 Å². The Hall–Kier alpha value is -1.94. The molecular weight excluding hydrogens is 330 g/mol. The van der Waals surface area contributed by atoms with Crippen LogP contribution in [0.15, 0.2) is 47.4 Å². The van der Waals surface area contributed by atoms with Crippen molar-refractivity contribution in [1.82, 2.24) is 5.32 Å². The van der Waals surface area contributed by atoms with Gasteiger partial charge in [0.1, 0.15) is 5.75 Å².